The first-order chi connectivity index (χ1) is 12.0. The number of carbonyl (C=O) groups is 2. The monoisotopic (exact) mass is 344 g/mol. The van der Waals surface area contributed by atoms with E-state index in [1.54, 1.807) is 0 Å². The molecular weight excluding hydrogens is 312 g/mol. The van der Waals surface area contributed by atoms with E-state index in [0.29, 0.717) is 12.3 Å². The molecule has 0 aromatic heterocycles. The number of rotatable bonds is 7. The van der Waals surface area contributed by atoms with Crippen LogP contribution in [-0.4, -0.2) is 35.8 Å². The molecule has 4 nitrogen and oxygen atoms in total. The average molecular weight is 344 g/mol. The summed E-state index contributed by atoms with van der Waals surface area (Å²) in [5.41, 5.74) is 1.10. The highest BCUT2D eigenvalue weighted by atomic mass is 16.2. The SMILES string of the molecule is CC[C@@H](C(=O)N1CCC(NC(=O)CCC(C)C)CC1)c1ccccc1. The van der Waals surface area contributed by atoms with Crippen molar-refractivity contribution in [2.24, 2.45) is 5.92 Å². The number of carbonyl (C=O) groups excluding carboxylic acids is 2. The van der Waals surface area contributed by atoms with Gasteiger partial charge in [-0.15, -0.1) is 0 Å². The van der Waals surface area contributed by atoms with Crippen LogP contribution in [0.2, 0.25) is 0 Å². The molecule has 2 amide bonds. The smallest absolute Gasteiger partial charge is 0.230 e. The van der Waals surface area contributed by atoms with Crippen molar-refractivity contribution >= 4 is 11.8 Å². The van der Waals surface area contributed by atoms with E-state index in [4.69, 9.17) is 0 Å². The topological polar surface area (TPSA) is 49.4 Å². The maximum absolute atomic E-state index is 12.9. The Bertz CT molecular complexity index is 548. The summed E-state index contributed by atoms with van der Waals surface area (Å²) < 4.78 is 0. The fourth-order valence-corrected chi connectivity index (χ4v) is 3.42. The van der Waals surface area contributed by atoms with Crippen molar-refractivity contribution in [3.8, 4) is 0 Å². The number of likely N-dealkylation sites (tertiary alicyclic amines) is 1. The summed E-state index contributed by atoms with van der Waals surface area (Å²) in [6.45, 7) is 7.80. The van der Waals surface area contributed by atoms with Crippen LogP contribution >= 0.6 is 0 Å². The molecule has 25 heavy (non-hydrogen) atoms. The number of hydrogen-bond acceptors (Lipinski definition) is 2. The fourth-order valence-electron chi connectivity index (χ4n) is 3.42. The van der Waals surface area contributed by atoms with Gasteiger partial charge in [0.1, 0.15) is 0 Å². The fraction of sp³-hybridized carbons (Fsp3) is 0.619. The van der Waals surface area contributed by atoms with Gasteiger partial charge in [0.15, 0.2) is 0 Å². The van der Waals surface area contributed by atoms with Crippen molar-refractivity contribution in [3.63, 3.8) is 0 Å². The largest absolute Gasteiger partial charge is 0.353 e. The third-order valence-corrected chi connectivity index (χ3v) is 5.03. The molecule has 1 heterocycles. The van der Waals surface area contributed by atoms with Crippen molar-refractivity contribution in [2.75, 3.05) is 13.1 Å². The van der Waals surface area contributed by atoms with Crippen LogP contribution in [0.3, 0.4) is 0 Å². The highest BCUT2D eigenvalue weighted by Crippen LogP contribution is 2.24. The van der Waals surface area contributed by atoms with Gasteiger partial charge in [-0.2, -0.15) is 0 Å². The Kier molecular flexibility index (Phi) is 7.48. The van der Waals surface area contributed by atoms with Gasteiger partial charge in [-0.1, -0.05) is 51.1 Å². The van der Waals surface area contributed by atoms with Crippen LogP contribution in [0, 0.1) is 5.92 Å². The molecule has 0 bridgehead atoms. The Labute approximate surface area is 152 Å². The molecule has 1 fully saturated rings. The second kappa shape index (κ2) is 9.59. The van der Waals surface area contributed by atoms with Crippen LogP contribution in [0.15, 0.2) is 30.3 Å². The normalized spacial score (nSPS) is 16.7. The van der Waals surface area contributed by atoms with Gasteiger partial charge in [0.2, 0.25) is 11.8 Å². The first kappa shape index (κ1) is 19.5. The lowest BCUT2D eigenvalue weighted by Crippen LogP contribution is -2.47. The Morgan fingerprint density at radius 2 is 1.80 bits per heavy atom. The molecule has 1 aliphatic rings. The quantitative estimate of drug-likeness (QED) is 0.819. The first-order valence-corrected chi connectivity index (χ1v) is 9.64. The molecule has 0 spiro atoms. The van der Waals surface area contributed by atoms with Gasteiger partial charge in [0.05, 0.1) is 5.92 Å². The van der Waals surface area contributed by atoms with Gasteiger partial charge >= 0.3 is 0 Å². The number of amides is 2. The zero-order chi connectivity index (χ0) is 18.2. The Hall–Kier alpha value is -1.84. The highest BCUT2D eigenvalue weighted by molar-refractivity contribution is 5.84. The number of nitrogens with zero attached hydrogens (tertiary/aromatic N) is 1. The molecule has 4 heteroatoms. The molecule has 0 radical (unpaired) electrons. The lowest BCUT2D eigenvalue weighted by molar-refractivity contribution is -0.134. The summed E-state index contributed by atoms with van der Waals surface area (Å²) >= 11 is 0. The maximum Gasteiger partial charge on any atom is 0.230 e. The van der Waals surface area contributed by atoms with Crippen molar-refractivity contribution < 1.29 is 9.59 Å². The second-order valence-corrected chi connectivity index (χ2v) is 7.47. The lowest BCUT2D eigenvalue weighted by Gasteiger charge is -2.34. The number of hydrogen-bond donors (Lipinski definition) is 1. The minimum Gasteiger partial charge on any atom is -0.353 e. The number of nitrogens with one attached hydrogen (secondary N) is 1. The van der Waals surface area contributed by atoms with Crippen molar-refractivity contribution in [2.45, 2.75) is 64.8 Å². The van der Waals surface area contributed by atoms with Crippen LogP contribution in [0.1, 0.15) is 64.4 Å². The Balaban J connectivity index is 1.82. The van der Waals surface area contributed by atoms with Crippen LogP contribution in [0.4, 0.5) is 0 Å². The minimum absolute atomic E-state index is 0.0571. The Morgan fingerprint density at radius 3 is 2.36 bits per heavy atom. The van der Waals surface area contributed by atoms with Crippen molar-refractivity contribution in [1.29, 1.82) is 0 Å². The number of piperidine rings is 1. The summed E-state index contributed by atoms with van der Waals surface area (Å²) in [7, 11) is 0. The van der Waals surface area contributed by atoms with E-state index < -0.39 is 0 Å². The molecule has 0 saturated carbocycles. The third-order valence-electron chi connectivity index (χ3n) is 5.03. The zero-order valence-electron chi connectivity index (χ0n) is 15.8. The minimum atomic E-state index is -0.0571. The molecule has 0 aliphatic carbocycles. The van der Waals surface area contributed by atoms with Crippen molar-refractivity contribution in [3.05, 3.63) is 35.9 Å². The summed E-state index contributed by atoms with van der Waals surface area (Å²) in [6, 6.07) is 10.2. The van der Waals surface area contributed by atoms with Gasteiger partial charge in [0.25, 0.3) is 0 Å². The molecular formula is C21H32N2O2. The van der Waals surface area contributed by atoms with Gasteiger partial charge in [-0.25, -0.2) is 0 Å². The molecule has 2 rings (SSSR count). The van der Waals surface area contributed by atoms with E-state index in [9.17, 15) is 9.59 Å². The summed E-state index contributed by atoms with van der Waals surface area (Å²) in [6.07, 6.45) is 4.05. The van der Waals surface area contributed by atoms with Crippen LogP contribution in [-0.2, 0) is 9.59 Å². The predicted octanol–water partition coefficient (Wildman–Crippen LogP) is 3.72. The molecule has 0 unspecified atom stereocenters. The average Bonchev–Trinajstić information content (AvgIpc) is 2.62. The van der Waals surface area contributed by atoms with Crippen LogP contribution in [0.5, 0.6) is 0 Å². The first-order valence-electron chi connectivity index (χ1n) is 9.64. The zero-order valence-corrected chi connectivity index (χ0v) is 15.8. The molecule has 1 aliphatic heterocycles. The van der Waals surface area contributed by atoms with E-state index in [2.05, 4.69) is 26.1 Å². The second-order valence-electron chi connectivity index (χ2n) is 7.47. The molecule has 1 N–H and O–H groups in total. The van der Waals surface area contributed by atoms with E-state index >= 15 is 0 Å². The summed E-state index contributed by atoms with van der Waals surface area (Å²) in [4.78, 5) is 26.8. The molecule has 1 aromatic carbocycles. The van der Waals surface area contributed by atoms with Crippen LogP contribution < -0.4 is 5.32 Å². The molecule has 1 atom stereocenters. The Morgan fingerprint density at radius 1 is 1.16 bits per heavy atom. The maximum atomic E-state index is 12.9. The molecule has 138 valence electrons. The van der Waals surface area contributed by atoms with E-state index in [-0.39, 0.29) is 23.8 Å². The molecule has 1 aromatic rings. The van der Waals surface area contributed by atoms with Gasteiger partial charge in [0, 0.05) is 25.6 Å². The highest BCUT2D eigenvalue weighted by Gasteiger charge is 2.28. The summed E-state index contributed by atoms with van der Waals surface area (Å²) in [5, 5.41) is 3.13. The predicted molar refractivity (Wildman–Crippen MR) is 101 cm³/mol. The third kappa shape index (κ3) is 5.87. The number of benzene rings is 1. The standard InChI is InChI=1S/C21H32N2O2/c1-4-19(17-8-6-5-7-9-17)21(25)23-14-12-18(13-15-23)22-20(24)11-10-16(2)3/h5-9,16,18-19H,4,10-15H2,1-3H3,(H,22,24)/t19-/m1/s1. The van der Waals surface area contributed by atoms with E-state index in [0.717, 1.165) is 44.3 Å². The summed E-state index contributed by atoms with van der Waals surface area (Å²) in [5.74, 6) is 0.861. The van der Waals surface area contributed by atoms with Gasteiger partial charge in [-0.05, 0) is 37.2 Å². The molecule has 1 saturated heterocycles. The van der Waals surface area contributed by atoms with Gasteiger partial charge in [-0.3, -0.25) is 9.59 Å². The van der Waals surface area contributed by atoms with E-state index in [1.165, 1.54) is 0 Å². The van der Waals surface area contributed by atoms with Crippen LogP contribution in [0.25, 0.3) is 0 Å². The van der Waals surface area contributed by atoms with Crippen molar-refractivity contribution in [1.82, 2.24) is 10.2 Å². The van der Waals surface area contributed by atoms with Gasteiger partial charge < -0.3 is 10.2 Å². The van der Waals surface area contributed by atoms with E-state index in [1.807, 2.05) is 35.2 Å². The lowest BCUT2D eigenvalue weighted by atomic mass is 9.93.